The van der Waals surface area contributed by atoms with Gasteiger partial charge in [-0.2, -0.15) is 0 Å². The molecule has 0 spiro atoms. The molecule has 0 saturated carbocycles. The summed E-state index contributed by atoms with van der Waals surface area (Å²) in [4.78, 5) is 18.2. The lowest BCUT2D eigenvalue weighted by molar-refractivity contribution is -0.130. The van der Waals surface area contributed by atoms with Crippen molar-refractivity contribution in [2.24, 2.45) is 0 Å². The maximum atomic E-state index is 14.7. The van der Waals surface area contributed by atoms with Gasteiger partial charge in [0.2, 0.25) is 5.91 Å². The number of benzene rings is 1. The van der Waals surface area contributed by atoms with Gasteiger partial charge >= 0.3 is 0 Å². The van der Waals surface area contributed by atoms with E-state index in [0.717, 1.165) is 37.0 Å². The number of alkyl halides is 2. The minimum absolute atomic E-state index is 0.0220. The first kappa shape index (κ1) is 19.4. The van der Waals surface area contributed by atoms with Crippen LogP contribution in [0.3, 0.4) is 0 Å². The topological polar surface area (TPSA) is 33.2 Å². The summed E-state index contributed by atoms with van der Waals surface area (Å²) in [5, 5.41) is 0. The van der Waals surface area contributed by atoms with E-state index in [2.05, 4.69) is 4.98 Å². The third-order valence-corrected chi connectivity index (χ3v) is 5.33. The number of carbonyl (C=O) groups is 1. The fourth-order valence-corrected chi connectivity index (χ4v) is 3.64. The fraction of sp³-hybridized carbons (Fsp3) is 0.429. The van der Waals surface area contributed by atoms with Crippen molar-refractivity contribution in [2.75, 3.05) is 13.6 Å². The van der Waals surface area contributed by atoms with Crippen LogP contribution in [0.2, 0.25) is 0 Å². The molecular weight excluding hydrogens is 353 g/mol. The third-order valence-electron chi connectivity index (χ3n) is 5.33. The van der Waals surface area contributed by atoms with Crippen LogP contribution in [0.1, 0.15) is 49.3 Å². The maximum absolute atomic E-state index is 14.7. The van der Waals surface area contributed by atoms with Crippen molar-refractivity contribution < 1.29 is 18.0 Å². The van der Waals surface area contributed by atoms with E-state index < -0.39 is 11.7 Å². The summed E-state index contributed by atoms with van der Waals surface area (Å²) >= 11 is 0. The molecule has 27 heavy (non-hydrogen) atoms. The van der Waals surface area contributed by atoms with E-state index in [-0.39, 0.29) is 23.0 Å². The normalized spacial score (nSPS) is 16.3. The van der Waals surface area contributed by atoms with Gasteiger partial charge in [0.15, 0.2) is 0 Å². The molecule has 1 aromatic heterocycles. The molecule has 0 bridgehead atoms. The van der Waals surface area contributed by atoms with Crippen LogP contribution in [-0.4, -0.2) is 29.4 Å². The van der Waals surface area contributed by atoms with E-state index in [1.54, 1.807) is 24.3 Å². The van der Waals surface area contributed by atoms with E-state index >= 15 is 0 Å². The predicted molar refractivity (Wildman–Crippen MR) is 98.2 cm³/mol. The van der Waals surface area contributed by atoms with Gasteiger partial charge in [0.25, 0.3) is 5.92 Å². The Labute approximate surface area is 157 Å². The first-order valence-corrected chi connectivity index (χ1v) is 9.11. The molecular formula is C21H23F3N2O. The molecule has 0 saturated heterocycles. The quantitative estimate of drug-likeness (QED) is 0.744. The van der Waals surface area contributed by atoms with Crippen LogP contribution in [0.15, 0.2) is 30.6 Å². The van der Waals surface area contributed by atoms with Crippen molar-refractivity contribution in [3.05, 3.63) is 53.1 Å². The van der Waals surface area contributed by atoms with Crippen LogP contribution in [0.4, 0.5) is 13.2 Å². The molecule has 6 heteroatoms. The first-order valence-electron chi connectivity index (χ1n) is 9.11. The second-order valence-electron chi connectivity index (χ2n) is 7.19. The Morgan fingerprint density at radius 3 is 2.67 bits per heavy atom. The Morgan fingerprint density at radius 2 is 2.04 bits per heavy atom. The SMILES string of the molecule is CCN(C)C(=O)CC1CCc2cncc(-c3ccc(C(C)(F)F)cc3F)c21. The van der Waals surface area contributed by atoms with Gasteiger partial charge in [-0.15, -0.1) is 0 Å². The molecule has 1 amide bonds. The summed E-state index contributed by atoms with van der Waals surface area (Å²) < 4.78 is 41.6. The minimum atomic E-state index is -3.10. The number of pyridine rings is 1. The molecule has 144 valence electrons. The number of halogens is 3. The number of aryl methyl sites for hydroxylation is 1. The molecule has 1 aliphatic carbocycles. The second-order valence-corrected chi connectivity index (χ2v) is 7.19. The highest BCUT2D eigenvalue weighted by Crippen LogP contribution is 2.42. The van der Waals surface area contributed by atoms with E-state index in [0.29, 0.717) is 18.5 Å². The number of aromatic nitrogens is 1. The lowest BCUT2D eigenvalue weighted by Gasteiger charge is -2.20. The summed E-state index contributed by atoms with van der Waals surface area (Å²) in [5.41, 5.74) is 2.38. The van der Waals surface area contributed by atoms with E-state index in [9.17, 15) is 18.0 Å². The van der Waals surface area contributed by atoms with Gasteiger partial charge in [-0.1, -0.05) is 12.1 Å². The smallest absolute Gasteiger partial charge is 0.270 e. The molecule has 2 aromatic rings. The van der Waals surface area contributed by atoms with Gasteiger partial charge in [0.05, 0.1) is 0 Å². The zero-order valence-electron chi connectivity index (χ0n) is 15.7. The number of amides is 1. The van der Waals surface area contributed by atoms with E-state index in [4.69, 9.17) is 0 Å². The number of nitrogens with zero attached hydrogens (tertiary/aromatic N) is 2. The highest BCUT2D eigenvalue weighted by Gasteiger charge is 2.30. The zero-order chi connectivity index (χ0) is 19.8. The van der Waals surface area contributed by atoms with Crippen molar-refractivity contribution >= 4 is 5.91 Å². The highest BCUT2D eigenvalue weighted by atomic mass is 19.3. The molecule has 1 heterocycles. The van der Waals surface area contributed by atoms with E-state index in [1.807, 2.05) is 6.92 Å². The summed E-state index contributed by atoms with van der Waals surface area (Å²) in [5.74, 6) is -3.78. The average molecular weight is 376 g/mol. The first-order chi connectivity index (χ1) is 12.7. The maximum Gasteiger partial charge on any atom is 0.270 e. The largest absolute Gasteiger partial charge is 0.346 e. The molecule has 1 aromatic carbocycles. The van der Waals surface area contributed by atoms with Crippen LogP contribution < -0.4 is 0 Å². The average Bonchev–Trinajstić information content (AvgIpc) is 3.03. The second kappa shape index (κ2) is 7.33. The molecule has 0 radical (unpaired) electrons. The minimum Gasteiger partial charge on any atom is -0.346 e. The van der Waals surface area contributed by atoms with Crippen molar-refractivity contribution in [3.8, 4) is 11.1 Å². The van der Waals surface area contributed by atoms with Gasteiger partial charge in [-0.3, -0.25) is 9.78 Å². The molecule has 0 fully saturated rings. The molecule has 1 atom stereocenters. The lowest BCUT2D eigenvalue weighted by atomic mass is 9.90. The standard InChI is InChI=1S/C21H23F3N2O/c1-4-26(3)19(27)9-13-5-6-14-11-25-12-17(20(13)14)16-8-7-15(10-18(16)22)21(2,23)24/h7-8,10-13H,4-6,9H2,1-3H3. The summed E-state index contributed by atoms with van der Waals surface area (Å²) in [6.45, 7) is 3.29. The molecule has 3 rings (SSSR count). The van der Waals surface area contributed by atoms with Crippen LogP contribution in [-0.2, 0) is 17.1 Å². The van der Waals surface area contributed by atoms with Crippen LogP contribution >= 0.6 is 0 Å². The molecule has 0 N–H and O–H groups in total. The van der Waals surface area contributed by atoms with Gasteiger partial charge in [0.1, 0.15) is 5.82 Å². The number of carbonyl (C=O) groups excluding carboxylic acids is 1. The van der Waals surface area contributed by atoms with Gasteiger partial charge < -0.3 is 4.90 Å². The van der Waals surface area contributed by atoms with Gasteiger partial charge in [-0.05, 0) is 42.9 Å². The summed E-state index contributed by atoms with van der Waals surface area (Å²) in [6.07, 6.45) is 5.23. The third kappa shape index (κ3) is 3.84. The van der Waals surface area contributed by atoms with Crippen molar-refractivity contribution in [1.82, 2.24) is 9.88 Å². The van der Waals surface area contributed by atoms with Crippen LogP contribution in [0, 0.1) is 5.82 Å². The Bertz CT molecular complexity index is 861. The monoisotopic (exact) mass is 376 g/mol. The van der Waals surface area contributed by atoms with E-state index in [1.165, 1.54) is 12.1 Å². The number of hydrogen-bond acceptors (Lipinski definition) is 2. The summed E-state index contributed by atoms with van der Waals surface area (Å²) in [7, 11) is 1.76. The molecule has 1 aliphatic rings. The number of hydrogen-bond donors (Lipinski definition) is 0. The fourth-order valence-electron chi connectivity index (χ4n) is 3.64. The zero-order valence-corrected chi connectivity index (χ0v) is 15.7. The van der Waals surface area contributed by atoms with Crippen molar-refractivity contribution in [1.29, 1.82) is 0 Å². The summed E-state index contributed by atoms with van der Waals surface area (Å²) in [6, 6.07) is 3.52. The van der Waals surface area contributed by atoms with Crippen molar-refractivity contribution in [3.63, 3.8) is 0 Å². The van der Waals surface area contributed by atoms with Crippen molar-refractivity contribution in [2.45, 2.75) is 45.0 Å². The Morgan fingerprint density at radius 1 is 1.30 bits per heavy atom. The Kier molecular flexibility index (Phi) is 5.27. The number of fused-ring (bicyclic) bond motifs is 1. The van der Waals surface area contributed by atoms with Crippen LogP contribution in [0.5, 0.6) is 0 Å². The molecule has 1 unspecified atom stereocenters. The molecule has 3 nitrogen and oxygen atoms in total. The number of rotatable bonds is 5. The molecule has 0 aliphatic heterocycles. The Balaban J connectivity index is 2.00. The highest BCUT2D eigenvalue weighted by molar-refractivity contribution is 5.78. The van der Waals surface area contributed by atoms with Crippen LogP contribution in [0.25, 0.3) is 11.1 Å². The lowest BCUT2D eigenvalue weighted by Crippen LogP contribution is -2.27. The van der Waals surface area contributed by atoms with Gasteiger partial charge in [-0.25, -0.2) is 13.2 Å². The predicted octanol–water partition coefficient (Wildman–Crippen LogP) is 4.90. The Hall–Kier alpha value is -2.37. The van der Waals surface area contributed by atoms with Gasteiger partial charge in [0, 0.05) is 56.0 Å².